The molecule has 0 radical (unpaired) electrons. The van der Waals surface area contributed by atoms with Crippen molar-refractivity contribution in [2.75, 3.05) is 0 Å². The molecule has 0 unspecified atom stereocenters. The molecule has 48 valence electrons. The fourth-order valence-electron chi connectivity index (χ4n) is 0.757. The predicted octanol–water partition coefficient (Wildman–Crippen LogP) is 2.97. The Morgan fingerprint density at radius 3 is 2.44 bits per heavy atom. The number of allylic oxidation sites excluding steroid dienone is 1. The standard InChI is InChI=1S/C9H10.H2/c1-2-6-9-7-4-3-5-8-9;/h2-8H,1H3;1H/b6-2+;. The zero-order valence-electron chi connectivity index (χ0n) is 5.54. The maximum atomic E-state index is 2.08. The maximum Gasteiger partial charge on any atom is 0 e. The van der Waals surface area contributed by atoms with E-state index in [9.17, 15) is 0 Å². The van der Waals surface area contributed by atoms with Gasteiger partial charge in [0.25, 0.3) is 0 Å². The zero-order valence-corrected chi connectivity index (χ0v) is 5.54. The van der Waals surface area contributed by atoms with Gasteiger partial charge in [-0.25, -0.2) is 0 Å². The van der Waals surface area contributed by atoms with Crippen LogP contribution in [0, 0.1) is 0 Å². The highest BCUT2D eigenvalue weighted by molar-refractivity contribution is 5.47. The zero-order chi connectivity index (χ0) is 6.53. The Morgan fingerprint density at radius 2 is 1.89 bits per heavy atom. The first-order chi connectivity index (χ1) is 4.43. The highest BCUT2D eigenvalue weighted by Crippen LogP contribution is 1.99. The highest BCUT2D eigenvalue weighted by Gasteiger charge is 1.77. The van der Waals surface area contributed by atoms with E-state index >= 15 is 0 Å². The monoisotopic (exact) mass is 120 g/mol. The van der Waals surface area contributed by atoms with Crippen LogP contribution < -0.4 is 0 Å². The minimum atomic E-state index is 0. The fourth-order valence-corrected chi connectivity index (χ4v) is 0.757. The Morgan fingerprint density at radius 1 is 1.22 bits per heavy atom. The topological polar surface area (TPSA) is 0 Å². The van der Waals surface area contributed by atoms with Gasteiger partial charge in [-0.1, -0.05) is 42.5 Å². The summed E-state index contributed by atoms with van der Waals surface area (Å²) in [6, 6.07) is 10.3. The number of rotatable bonds is 1. The van der Waals surface area contributed by atoms with Crippen molar-refractivity contribution < 1.29 is 1.43 Å². The third kappa shape index (κ3) is 1.73. The van der Waals surface area contributed by atoms with Crippen LogP contribution in [0.25, 0.3) is 6.08 Å². The van der Waals surface area contributed by atoms with Crippen LogP contribution in [0.1, 0.15) is 13.9 Å². The molecule has 0 amide bonds. The summed E-state index contributed by atoms with van der Waals surface area (Å²) in [4.78, 5) is 0. The van der Waals surface area contributed by atoms with Crippen LogP contribution in [0.5, 0.6) is 0 Å². The molecular weight excluding hydrogens is 108 g/mol. The molecule has 0 aliphatic carbocycles. The van der Waals surface area contributed by atoms with E-state index < -0.39 is 0 Å². The summed E-state index contributed by atoms with van der Waals surface area (Å²) in [7, 11) is 0. The van der Waals surface area contributed by atoms with E-state index in [1.165, 1.54) is 5.56 Å². The van der Waals surface area contributed by atoms with Gasteiger partial charge in [-0.15, -0.1) is 0 Å². The second kappa shape index (κ2) is 3.08. The third-order valence-corrected chi connectivity index (χ3v) is 1.16. The largest absolute Gasteiger partial charge is 0.0871 e. The Kier molecular flexibility index (Phi) is 2.08. The number of hydrogen-bond donors (Lipinski definition) is 0. The van der Waals surface area contributed by atoms with Gasteiger partial charge >= 0.3 is 0 Å². The second-order valence-electron chi connectivity index (χ2n) is 1.91. The number of hydrogen-bond acceptors (Lipinski definition) is 0. The molecule has 0 N–H and O–H groups in total. The quantitative estimate of drug-likeness (QED) is 0.534. The summed E-state index contributed by atoms with van der Waals surface area (Å²) in [6.07, 6.45) is 4.12. The van der Waals surface area contributed by atoms with Crippen molar-refractivity contribution in [2.45, 2.75) is 6.92 Å². The molecule has 9 heavy (non-hydrogen) atoms. The smallest absolute Gasteiger partial charge is 0 e. The summed E-state index contributed by atoms with van der Waals surface area (Å²) >= 11 is 0. The minimum absolute atomic E-state index is 0. The van der Waals surface area contributed by atoms with E-state index in [0.717, 1.165) is 0 Å². The first-order valence-electron chi connectivity index (χ1n) is 3.11. The van der Waals surface area contributed by atoms with E-state index in [1.54, 1.807) is 0 Å². The Hall–Kier alpha value is -1.04. The average Bonchev–Trinajstić information content (AvgIpc) is 1.91. The lowest BCUT2D eigenvalue weighted by molar-refractivity contribution is 1.64. The lowest BCUT2D eigenvalue weighted by Gasteiger charge is -1.86. The van der Waals surface area contributed by atoms with Crippen molar-refractivity contribution in [3.05, 3.63) is 42.0 Å². The molecule has 0 bridgehead atoms. The summed E-state index contributed by atoms with van der Waals surface area (Å²) in [6.45, 7) is 2.02. The van der Waals surface area contributed by atoms with Crippen LogP contribution in [0.15, 0.2) is 36.4 Å². The molecular formula is C9H12. The van der Waals surface area contributed by atoms with Crippen molar-refractivity contribution >= 4 is 6.08 Å². The van der Waals surface area contributed by atoms with E-state index in [2.05, 4.69) is 18.2 Å². The van der Waals surface area contributed by atoms with Crippen LogP contribution in [0.4, 0.5) is 0 Å². The average molecular weight is 120 g/mol. The molecule has 0 heteroatoms. The molecule has 0 atom stereocenters. The second-order valence-corrected chi connectivity index (χ2v) is 1.91. The molecule has 0 aliphatic rings. The SMILES string of the molecule is C/C=C/c1ccccc1.[HH]. The van der Waals surface area contributed by atoms with Crippen LogP contribution in [0.2, 0.25) is 0 Å². The molecule has 0 heterocycles. The lowest BCUT2D eigenvalue weighted by Crippen LogP contribution is -1.65. The molecule has 0 spiro atoms. The molecule has 0 saturated heterocycles. The van der Waals surface area contributed by atoms with E-state index in [0.29, 0.717) is 0 Å². The highest BCUT2D eigenvalue weighted by atomic mass is 13.8. The fraction of sp³-hybridized carbons (Fsp3) is 0.111. The van der Waals surface area contributed by atoms with Crippen molar-refractivity contribution in [1.82, 2.24) is 0 Å². The van der Waals surface area contributed by atoms with Crippen LogP contribution in [0.3, 0.4) is 0 Å². The van der Waals surface area contributed by atoms with Crippen LogP contribution in [-0.4, -0.2) is 0 Å². The molecule has 1 aromatic rings. The van der Waals surface area contributed by atoms with Gasteiger partial charge in [0.15, 0.2) is 0 Å². The Balaban J connectivity index is 0.000000810. The van der Waals surface area contributed by atoms with Crippen LogP contribution in [-0.2, 0) is 0 Å². The summed E-state index contributed by atoms with van der Waals surface area (Å²) < 4.78 is 0. The Labute approximate surface area is 57.3 Å². The van der Waals surface area contributed by atoms with Gasteiger partial charge in [-0.05, 0) is 12.5 Å². The first-order valence-corrected chi connectivity index (χ1v) is 3.11. The van der Waals surface area contributed by atoms with Gasteiger partial charge in [-0.2, -0.15) is 0 Å². The van der Waals surface area contributed by atoms with E-state index in [1.807, 2.05) is 31.2 Å². The molecule has 0 nitrogen and oxygen atoms in total. The molecule has 0 aromatic heterocycles. The van der Waals surface area contributed by atoms with Crippen molar-refractivity contribution in [2.24, 2.45) is 0 Å². The van der Waals surface area contributed by atoms with Gasteiger partial charge < -0.3 is 0 Å². The van der Waals surface area contributed by atoms with Crippen molar-refractivity contribution in [3.63, 3.8) is 0 Å². The summed E-state index contributed by atoms with van der Waals surface area (Å²) in [5.74, 6) is 0. The summed E-state index contributed by atoms with van der Waals surface area (Å²) in [5, 5.41) is 0. The number of benzene rings is 1. The predicted molar refractivity (Wildman–Crippen MR) is 43.3 cm³/mol. The van der Waals surface area contributed by atoms with Gasteiger partial charge in [0, 0.05) is 1.43 Å². The first kappa shape index (κ1) is 6.09. The van der Waals surface area contributed by atoms with Crippen molar-refractivity contribution in [1.29, 1.82) is 0 Å². The Bertz CT molecular complexity index is 189. The van der Waals surface area contributed by atoms with Gasteiger partial charge in [0.05, 0.1) is 0 Å². The lowest BCUT2D eigenvalue weighted by atomic mass is 10.2. The van der Waals surface area contributed by atoms with E-state index in [-0.39, 0.29) is 1.43 Å². The van der Waals surface area contributed by atoms with Crippen LogP contribution >= 0.6 is 0 Å². The summed E-state index contributed by atoms with van der Waals surface area (Å²) in [5.41, 5.74) is 1.26. The van der Waals surface area contributed by atoms with Crippen molar-refractivity contribution in [3.8, 4) is 0 Å². The molecule has 1 aromatic carbocycles. The molecule has 0 fully saturated rings. The van der Waals surface area contributed by atoms with E-state index in [4.69, 9.17) is 0 Å². The molecule has 0 saturated carbocycles. The maximum absolute atomic E-state index is 2.08. The van der Waals surface area contributed by atoms with Gasteiger partial charge in [0.2, 0.25) is 0 Å². The minimum Gasteiger partial charge on any atom is -0.0871 e. The molecule has 1 rings (SSSR count). The van der Waals surface area contributed by atoms with Gasteiger partial charge in [0.1, 0.15) is 0 Å². The normalized spacial score (nSPS) is 10.3. The third-order valence-electron chi connectivity index (χ3n) is 1.16. The van der Waals surface area contributed by atoms with Gasteiger partial charge in [-0.3, -0.25) is 0 Å². The molecule has 0 aliphatic heterocycles.